The van der Waals surface area contributed by atoms with Gasteiger partial charge in [-0.3, -0.25) is 0 Å². The third-order valence-electron chi connectivity index (χ3n) is 8.74. The number of nitrogens with one attached hydrogen (secondary N) is 2. The van der Waals surface area contributed by atoms with Crippen LogP contribution in [0.4, 0.5) is 21.7 Å². The molecule has 3 aromatic rings. The summed E-state index contributed by atoms with van der Waals surface area (Å²) >= 11 is 0. The summed E-state index contributed by atoms with van der Waals surface area (Å²) in [6, 6.07) is 16.4. The predicted molar refractivity (Wildman–Crippen MR) is 192 cm³/mol. The topological polar surface area (TPSA) is 83.6 Å². The quantitative estimate of drug-likeness (QED) is 0.121. The van der Waals surface area contributed by atoms with Gasteiger partial charge in [0.15, 0.2) is 0 Å². The van der Waals surface area contributed by atoms with Crippen LogP contribution in [0.15, 0.2) is 72.6 Å². The summed E-state index contributed by atoms with van der Waals surface area (Å²) in [5.74, 6) is 1.81. The summed E-state index contributed by atoms with van der Waals surface area (Å²) in [5.41, 5.74) is 10.3. The molecular formula is C37H56FN7O. The minimum absolute atomic E-state index is 0.191. The zero-order valence-electron chi connectivity index (χ0n) is 28.3. The summed E-state index contributed by atoms with van der Waals surface area (Å²) in [7, 11) is 0. The molecule has 9 heteroatoms. The monoisotopic (exact) mass is 633 g/mol. The van der Waals surface area contributed by atoms with Crippen molar-refractivity contribution < 1.29 is 9.13 Å². The van der Waals surface area contributed by atoms with Gasteiger partial charge in [-0.2, -0.15) is 0 Å². The van der Waals surface area contributed by atoms with Gasteiger partial charge in [-0.15, -0.1) is 0 Å². The van der Waals surface area contributed by atoms with Gasteiger partial charge < -0.3 is 35.5 Å². The van der Waals surface area contributed by atoms with E-state index in [1.165, 1.54) is 18.9 Å². The van der Waals surface area contributed by atoms with Crippen LogP contribution in [0.1, 0.15) is 46.5 Å². The molecule has 46 heavy (non-hydrogen) atoms. The van der Waals surface area contributed by atoms with Gasteiger partial charge in [-0.1, -0.05) is 43.3 Å². The number of hydrogen-bond donors (Lipinski definition) is 3. The van der Waals surface area contributed by atoms with Gasteiger partial charge in [-0.25, -0.2) is 9.37 Å². The first-order valence-electron chi connectivity index (χ1n) is 17.3. The van der Waals surface area contributed by atoms with Crippen molar-refractivity contribution >= 4 is 28.4 Å². The maximum atomic E-state index is 13.4. The lowest BCUT2D eigenvalue weighted by atomic mass is 9.97. The maximum absolute atomic E-state index is 13.4. The molecule has 2 aliphatic rings. The third-order valence-corrected chi connectivity index (χ3v) is 8.74. The van der Waals surface area contributed by atoms with Crippen molar-refractivity contribution in [3.8, 4) is 0 Å². The molecule has 0 bridgehead atoms. The number of nitrogen functional groups attached to an aromatic ring is 1. The molecule has 2 aromatic carbocycles. The van der Waals surface area contributed by atoms with Crippen molar-refractivity contribution in [3.05, 3.63) is 72.6 Å². The summed E-state index contributed by atoms with van der Waals surface area (Å²) in [4.78, 5) is 9.73. The molecule has 0 saturated carbocycles. The Bertz CT molecular complexity index is 1360. The molecule has 2 fully saturated rings. The van der Waals surface area contributed by atoms with E-state index in [1.54, 1.807) is 13.0 Å². The molecule has 0 amide bonds. The predicted octanol–water partition coefficient (Wildman–Crippen LogP) is 6.40. The molecule has 8 nitrogen and oxygen atoms in total. The zero-order chi connectivity index (χ0) is 32.6. The molecule has 0 radical (unpaired) electrons. The van der Waals surface area contributed by atoms with Gasteiger partial charge >= 0.3 is 0 Å². The number of aromatic nitrogens is 2. The SMILES string of the molecule is C/C=C(F)\C=C/C(C)Cn1c(N2CCCNCCC2)nc2ccccc21.CCOCCN(CC1CCNCC1)c1ccccc1N. The van der Waals surface area contributed by atoms with E-state index in [2.05, 4.69) is 62.3 Å². The third kappa shape index (κ3) is 10.9. The second-order valence-electron chi connectivity index (χ2n) is 12.4. The van der Waals surface area contributed by atoms with Crippen LogP contribution in [0.25, 0.3) is 11.0 Å². The molecule has 0 spiro atoms. The number of nitrogens with two attached hydrogens (primary N) is 1. The number of fused-ring (bicyclic) bond motifs is 1. The number of para-hydroxylation sites is 4. The minimum atomic E-state index is -0.191. The number of imidazole rings is 1. The lowest BCUT2D eigenvalue weighted by molar-refractivity contribution is 0.153. The molecule has 3 heterocycles. The van der Waals surface area contributed by atoms with Crippen LogP contribution >= 0.6 is 0 Å². The highest BCUT2D eigenvalue weighted by Crippen LogP contribution is 2.26. The molecule has 0 aliphatic carbocycles. The highest BCUT2D eigenvalue weighted by atomic mass is 19.1. The van der Waals surface area contributed by atoms with E-state index in [-0.39, 0.29) is 11.7 Å². The first kappa shape index (κ1) is 35.5. The van der Waals surface area contributed by atoms with Crippen molar-refractivity contribution in [2.75, 3.05) is 81.1 Å². The fraction of sp³-hybridized carbons (Fsp3) is 0.541. The average molecular weight is 634 g/mol. The highest BCUT2D eigenvalue weighted by molar-refractivity contribution is 5.79. The first-order valence-corrected chi connectivity index (χ1v) is 17.3. The van der Waals surface area contributed by atoms with Crippen LogP contribution in [0, 0.1) is 11.8 Å². The van der Waals surface area contributed by atoms with Gasteiger partial charge in [-0.05, 0) is 108 Å². The number of halogens is 1. The Kier molecular flexibility index (Phi) is 14.9. The van der Waals surface area contributed by atoms with E-state index in [1.807, 2.05) is 31.2 Å². The van der Waals surface area contributed by atoms with Crippen molar-refractivity contribution in [1.82, 2.24) is 20.2 Å². The van der Waals surface area contributed by atoms with Gasteiger partial charge in [0, 0.05) is 39.3 Å². The minimum Gasteiger partial charge on any atom is -0.397 e. The number of benzene rings is 2. The highest BCUT2D eigenvalue weighted by Gasteiger charge is 2.20. The van der Waals surface area contributed by atoms with Crippen LogP contribution < -0.4 is 26.2 Å². The van der Waals surface area contributed by atoms with Crippen LogP contribution in [0.3, 0.4) is 0 Å². The number of ether oxygens (including phenoxy) is 1. The molecule has 2 saturated heterocycles. The van der Waals surface area contributed by atoms with Gasteiger partial charge in [0.1, 0.15) is 5.83 Å². The van der Waals surface area contributed by atoms with Gasteiger partial charge in [0.25, 0.3) is 0 Å². The van der Waals surface area contributed by atoms with E-state index >= 15 is 0 Å². The largest absolute Gasteiger partial charge is 0.397 e. The Morgan fingerprint density at radius 1 is 1.07 bits per heavy atom. The van der Waals surface area contributed by atoms with E-state index in [0.29, 0.717) is 0 Å². The summed E-state index contributed by atoms with van der Waals surface area (Å²) in [6.07, 6.45) is 9.71. The maximum Gasteiger partial charge on any atom is 0.206 e. The van der Waals surface area contributed by atoms with E-state index in [0.717, 1.165) is 119 Å². The molecule has 2 aliphatic heterocycles. The van der Waals surface area contributed by atoms with Crippen molar-refractivity contribution in [2.45, 2.75) is 53.0 Å². The standard InChI is InChI=1S/C21H29FN4.C16H27N3O/c1-3-18(22)11-10-17(2)16-26-20-9-5-4-8-19(20)24-21(26)25-14-6-12-23-13-7-15-25;1-2-20-12-11-19(13-14-7-9-18-10-8-14)16-6-4-3-5-15(16)17/h3-5,8-11,17,23H,6-7,12-16H2,1-2H3;3-6,14,18H,2,7-13,17H2,1H3/b11-10-,18-3+;. The molecule has 4 N–H and O–H groups in total. The number of anilines is 3. The molecule has 252 valence electrons. The zero-order valence-corrected chi connectivity index (χ0v) is 28.3. The average Bonchev–Trinajstić information content (AvgIpc) is 3.42. The van der Waals surface area contributed by atoms with Crippen molar-refractivity contribution in [3.63, 3.8) is 0 Å². The molecular weight excluding hydrogens is 577 g/mol. The lowest BCUT2D eigenvalue weighted by Gasteiger charge is -2.32. The Morgan fingerprint density at radius 3 is 2.48 bits per heavy atom. The summed E-state index contributed by atoms with van der Waals surface area (Å²) < 4.78 is 21.2. The van der Waals surface area contributed by atoms with Gasteiger partial charge in [0.2, 0.25) is 5.95 Å². The Labute approximate surface area is 275 Å². The van der Waals surface area contributed by atoms with E-state index in [4.69, 9.17) is 15.5 Å². The Hall–Kier alpha value is -3.40. The Balaban J connectivity index is 0.000000216. The van der Waals surface area contributed by atoms with Gasteiger partial charge in [0.05, 0.1) is 29.0 Å². The molecule has 5 rings (SSSR count). The smallest absolute Gasteiger partial charge is 0.206 e. The number of allylic oxidation sites excluding steroid dienone is 4. The Morgan fingerprint density at radius 2 is 1.76 bits per heavy atom. The number of nitrogens with zero attached hydrogens (tertiary/aromatic N) is 4. The van der Waals surface area contributed by atoms with Crippen molar-refractivity contribution in [1.29, 1.82) is 0 Å². The van der Waals surface area contributed by atoms with Crippen LogP contribution in [-0.2, 0) is 11.3 Å². The fourth-order valence-corrected chi connectivity index (χ4v) is 6.19. The number of rotatable bonds is 12. The normalized spacial score (nSPS) is 17.4. The first-order chi connectivity index (χ1) is 22.5. The number of hydrogen-bond acceptors (Lipinski definition) is 7. The molecule has 1 aromatic heterocycles. The van der Waals surface area contributed by atoms with Crippen molar-refractivity contribution in [2.24, 2.45) is 11.8 Å². The number of piperidine rings is 1. The summed E-state index contributed by atoms with van der Waals surface area (Å²) in [6.45, 7) is 16.6. The van der Waals surface area contributed by atoms with E-state index in [9.17, 15) is 4.39 Å². The van der Waals surface area contributed by atoms with E-state index < -0.39 is 0 Å². The second kappa shape index (κ2) is 19.3. The molecule has 1 atom stereocenters. The lowest BCUT2D eigenvalue weighted by Crippen LogP contribution is -2.38. The summed E-state index contributed by atoms with van der Waals surface area (Å²) in [5, 5.41) is 6.89. The van der Waals surface area contributed by atoms with Crippen LogP contribution in [-0.4, -0.2) is 75.1 Å². The van der Waals surface area contributed by atoms with Crippen LogP contribution in [0.5, 0.6) is 0 Å². The fourth-order valence-electron chi connectivity index (χ4n) is 6.19. The molecule has 1 unspecified atom stereocenters. The van der Waals surface area contributed by atoms with Crippen LogP contribution in [0.2, 0.25) is 0 Å². The second-order valence-corrected chi connectivity index (χ2v) is 12.4.